The normalized spacial score (nSPS) is 25.2. The van der Waals surface area contributed by atoms with Gasteiger partial charge >= 0.3 is 0 Å². The van der Waals surface area contributed by atoms with Crippen LogP contribution in [0.2, 0.25) is 0 Å². The molecule has 0 bridgehead atoms. The van der Waals surface area contributed by atoms with Crippen molar-refractivity contribution in [2.45, 2.75) is 30.7 Å². The number of ether oxygens (including phenoxy) is 3. The number of aromatic hydroxyl groups is 2. The number of hydrogen-bond acceptors (Lipinski definition) is 11. The Labute approximate surface area is 186 Å². The molecule has 0 saturated carbocycles. The van der Waals surface area contributed by atoms with Crippen LogP contribution < -0.4 is 14.9 Å². The maximum atomic E-state index is 12.6. The lowest BCUT2D eigenvalue weighted by atomic mass is 9.99. The summed E-state index contributed by atoms with van der Waals surface area (Å²) in [6.07, 6.45) is -7.55. The number of aliphatic hydroxyl groups excluding tert-OH is 4. The van der Waals surface area contributed by atoms with Crippen LogP contribution in [0.25, 0.3) is 22.3 Å². The van der Waals surface area contributed by atoms with Crippen molar-refractivity contribution < 1.29 is 49.3 Å². The third kappa shape index (κ3) is 4.19. The first-order chi connectivity index (χ1) is 15.7. The van der Waals surface area contributed by atoms with Crippen molar-refractivity contribution in [3.8, 4) is 34.3 Å². The molecule has 5 atom stereocenters. The van der Waals surface area contributed by atoms with Crippen LogP contribution in [0.5, 0.6) is 23.0 Å². The van der Waals surface area contributed by atoms with E-state index < -0.39 is 48.5 Å². The number of rotatable bonds is 5. The van der Waals surface area contributed by atoms with Gasteiger partial charge in [-0.05, 0) is 18.2 Å². The molecule has 0 unspecified atom stereocenters. The molecule has 4 rings (SSSR count). The molecule has 3 aromatic rings. The van der Waals surface area contributed by atoms with Gasteiger partial charge in [-0.1, -0.05) is 0 Å². The number of fused-ring (bicyclic) bond motifs is 1. The summed E-state index contributed by atoms with van der Waals surface area (Å²) in [5.41, 5.74) is -0.178. The van der Waals surface area contributed by atoms with Gasteiger partial charge in [0, 0.05) is 23.8 Å². The fourth-order valence-electron chi connectivity index (χ4n) is 3.58. The third-order valence-electron chi connectivity index (χ3n) is 5.35. The second kappa shape index (κ2) is 8.89. The molecule has 1 aliphatic heterocycles. The number of aliphatic hydroxyl groups is 4. The smallest absolute Gasteiger partial charge is 0.229 e. The summed E-state index contributed by atoms with van der Waals surface area (Å²) in [5.74, 6) is -0.353. The lowest BCUT2D eigenvalue weighted by Crippen LogP contribution is -2.60. The number of methoxy groups -OCH3 is 1. The summed E-state index contributed by atoms with van der Waals surface area (Å²) in [6.45, 7) is -0.637. The Hall–Kier alpha value is -3.35. The first-order valence-corrected chi connectivity index (χ1v) is 9.89. The summed E-state index contributed by atoms with van der Waals surface area (Å²) in [6, 6.07) is 7.90. The summed E-state index contributed by atoms with van der Waals surface area (Å²) in [5, 5.41) is 59.3. The lowest BCUT2D eigenvalue weighted by Gasteiger charge is -2.39. The summed E-state index contributed by atoms with van der Waals surface area (Å²) >= 11 is 0. The van der Waals surface area contributed by atoms with Gasteiger partial charge in [-0.25, -0.2) is 0 Å². The SMILES string of the molecule is COc1cc(-c2cc(=O)c3c(O)cc(O[C@@H]4O[C@H](CO)[C@@H](O)[C@H](O)[C@H]4O)cc3o2)ccc1O. The van der Waals surface area contributed by atoms with Crippen molar-refractivity contribution in [3.63, 3.8) is 0 Å². The molecule has 2 aromatic carbocycles. The fraction of sp³-hybridized carbons (Fsp3) is 0.318. The minimum Gasteiger partial charge on any atom is -0.507 e. The molecule has 11 heteroatoms. The van der Waals surface area contributed by atoms with E-state index >= 15 is 0 Å². The molecule has 11 nitrogen and oxygen atoms in total. The Morgan fingerprint density at radius 3 is 2.42 bits per heavy atom. The molecule has 6 N–H and O–H groups in total. The lowest BCUT2D eigenvalue weighted by molar-refractivity contribution is -0.277. The monoisotopic (exact) mass is 462 g/mol. The minimum atomic E-state index is -1.66. The van der Waals surface area contributed by atoms with Gasteiger partial charge in [-0.2, -0.15) is 0 Å². The highest BCUT2D eigenvalue weighted by Gasteiger charge is 2.44. The number of hydrogen-bond donors (Lipinski definition) is 6. The van der Waals surface area contributed by atoms with E-state index in [0.717, 1.165) is 6.07 Å². The Kier molecular flexibility index (Phi) is 6.15. The maximum Gasteiger partial charge on any atom is 0.229 e. The van der Waals surface area contributed by atoms with Crippen LogP contribution in [0.4, 0.5) is 0 Å². The molecule has 1 aliphatic rings. The van der Waals surface area contributed by atoms with Gasteiger partial charge in [0.25, 0.3) is 0 Å². The fourth-order valence-corrected chi connectivity index (χ4v) is 3.58. The number of benzene rings is 2. The molecular weight excluding hydrogens is 440 g/mol. The zero-order valence-electron chi connectivity index (χ0n) is 17.3. The number of phenols is 2. The molecule has 176 valence electrons. The number of phenolic OH excluding ortho intramolecular Hbond substituents is 2. The molecule has 1 saturated heterocycles. The molecule has 1 aromatic heterocycles. The third-order valence-corrected chi connectivity index (χ3v) is 5.35. The second-order valence-electron chi connectivity index (χ2n) is 7.49. The van der Waals surface area contributed by atoms with Crippen molar-refractivity contribution in [2.24, 2.45) is 0 Å². The largest absolute Gasteiger partial charge is 0.507 e. The molecule has 0 aliphatic carbocycles. The van der Waals surface area contributed by atoms with Crippen LogP contribution in [-0.2, 0) is 4.74 Å². The Morgan fingerprint density at radius 1 is 0.970 bits per heavy atom. The van der Waals surface area contributed by atoms with Crippen LogP contribution in [0.3, 0.4) is 0 Å². The van der Waals surface area contributed by atoms with E-state index in [4.69, 9.17) is 18.6 Å². The Bertz CT molecular complexity index is 1220. The van der Waals surface area contributed by atoms with E-state index in [1.807, 2.05) is 0 Å². The predicted molar refractivity (Wildman–Crippen MR) is 112 cm³/mol. The predicted octanol–water partition coefficient (Wildman–Crippen LogP) is 0.0585. The van der Waals surface area contributed by atoms with Gasteiger partial charge < -0.3 is 49.3 Å². The van der Waals surface area contributed by atoms with E-state index in [-0.39, 0.29) is 34.0 Å². The molecule has 2 heterocycles. The van der Waals surface area contributed by atoms with E-state index in [9.17, 15) is 35.4 Å². The van der Waals surface area contributed by atoms with Gasteiger partial charge in [0.2, 0.25) is 6.29 Å². The zero-order chi connectivity index (χ0) is 23.9. The van der Waals surface area contributed by atoms with Crippen LogP contribution in [0, 0.1) is 0 Å². The van der Waals surface area contributed by atoms with Gasteiger partial charge in [0.15, 0.2) is 16.9 Å². The first kappa shape index (κ1) is 22.8. The highest BCUT2D eigenvalue weighted by atomic mass is 16.7. The van der Waals surface area contributed by atoms with Gasteiger partial charge in [0.05, 0.1) is 13.7 Å². The topological polar surface area (TPSA) is 179 Å². The van der Waals surface area contributed by atoms with Crippen LogP contribution in [0.15, 0.2) is 45.6 Å². The van der Waals surface area contributed by atoms with Crippen molar-refractivity contribution in [2.75, 3.05) is 13.7 Å². The standard InChI is InChI=1S/C22H22O11/c1-30-15-4-9(2-3-11(15)24)14-7-13(26)18-12(25)5-10(6-16(18)32-14)31-22-21(29)20(28)19(27)17(8-23)33-22/h2-7,17,19-25,27-29H,8H2,1H3/t17-,19-,20+,21-,22-/m1/s1. The summed E-state index contributed by atoms with van der Waals surface area (Å²) in [7, 11) is 1.37. The molecule has 33 heavy (non-hydrogen) atoms. The van der Waals surface area contributed by atoms with Gasteiger partial charge in [-0.3, -0.25) is 4.79 Å². The maximum absolute atomic E-state index is 12.6. The summed E-state index contributed by atoms with van der Waals surface area (Å²) in [4.78, 5) is 12.6. The highest BCUT2D eigenvalue weighted by Crippen LogP contribution is 2.35. The molecular formula is C22H22O11. The quantitative estimate of drug-likeness (QED) is 0.302. The van der Waals surface area contributed by atoms with E-state index in [2.05, 4.69) is 0 Å². The molecule has 0 amide bonds. The van der Waals surface area contributed by atoms with Crippen molar-refractivity contribution in [1.82, 2.24) is 0 Å². The average molecular weight is 462 g/mol. The molecule has 0 radical (unpaired) electrons. The Morgan fingerprint density at radius 2 is 1.73 bits per heavy atom. The van der Waals surface area contributed by atoms with Crippen LogP contribution in [0.1, 0.15) is 0 Å². The van der Waals surface area contributed by atoms with Crippen LogP contribution >= 0.6 is 0 Å². The highest BCUT2D eigenvalue weighted by molar-refractivity contribution is 5.86. The summed E-state index contributed by atoms with van der Waals surface area (Å²) < 4.78 is 21.7. The average Bonchev–Trinajstić information content (AvgIpc) is 2.79. The van der Waals surface area contributed by atoms with E-state index in [0.29, 0.717) is 5.56 Å². The minimum absolute atomic E-state index is 0.0517. The van der Waals surface area contributed by atoms with Crippen molar-refractivity contribution in [1.29, 1.82) is 0 Å². The van der Waals surface area contributed by atoms with E-state index in [1.165, 1.54) is 37.4 Å². The van der Waals surface area contributed by atoms with Gasteiger partial charge in [-0.15, -0.1) is 0 Å². The van der Waals surface area contributed by atoms with Crippen LogP contribution in [-0.4, -0.2) is 75.1 Å². The zero-order valence-corrected chi connectivity index (χ0v) is 17.3. The van der Waals surface area contributed by atoms with Crippen molar-refractivity contribution in [3.05, 3.63) is 46.6 Å². The van der Waals surface area contributed by atoms with Crippen molar-refractivity contribution >= 4 is 11.0 Å². The second-order valence-corrected chi connectivity index (χ2v) is 7.49. The first-order valence-electron chi connectivity index (χ1n) is 9.89. The van der Waals surface area contributed by atoms with Gasteiger partial charge in [0.1, 0.15) is 52.6 Å². The van der Waals surface area contributed by atoms with E-state index in [1.54, 1.807) is 0 Å². The molecule has 0 spiro atoms. The Balaban J connectivity index is 1.72. The molecule has 1 fully saturated rings.